The van der Waals surface area contributed by atoms with Crippen LogP contribution >= 0.6 is 24.0 Å². The number of carbonyl (C=O) groups is 3. The molecule has 1 N–H and O–H groups in total. The zero-order chi connectivity index (χ0) is 15.9. The number of ether oxygens (including phenoxy) is 1. The Morgan fingerprint density at radius 1 is 1.25 bits per heavy atom. The molecule has 0 aliphatic rings. The number of methoxy groups -OCH3 is 1. The molecule has 0 fully saturated rings. The predicted octanol–water partition coefficient (Wildman–Crippen LogP) is 1.73. The van der Waals surface area contributed by atoms with Crippen LogP contribution in [0.3, 0.4) is 0 Å². The van der Waals surface area contributed by atoms with Gasteiger partial charge in [-0.25, -0.2) is 0 Å². The number of hydrogen-bond donors (Lipinski definition) is 1. The number of Topliss-reactive ketones (excluding diaryl/α,β-unsaturated/α-hetero) is 1. The summed E-state index contributed by atoms with van der Waals surface area (Å²) in [5.74, 6) is -0.525. The molecule has 0 bridgehead atoms. The molecule has 2 unspecified atom stereocenters. The van der Waals surface area contributed by atoms with Crippen molar-refractivity contribution < 1.29 is 19.1 Å². The first-order valence-electron chi connectivity index (χ1n) is 6.22. The molecule has 2 atom stereocenters. The Balaban J connectivity index is 5.02. The SMILES string of the molecule is COC(=O)C(NC(SC(C)=O)C(=S)CC(C)=O)C(C)C. The molecule has 20 heavy (non-hydrogen) atoms. The van der Waals surface area contributed by atoms with Crippen LogP contribution in [0.4, 0.5) is 0 Å². The van der Waals surface area contributed by atoms with Crippen LogP contribution in [-0.4, -0.2) is 40.3 Å². The lowest BCUT2D eigenvalue weighted by Gasteiger charge is -2.25. The zero-order valence-electron chi connectivity index (χ0n) is 12.4. The van der Waals surface area contributed by atoms with Gasteiger partial charge in [-0.15, -0.1) is 0 Å². The minimum Gasteiger partial charge on any atom is -0.468 e. The Bertz CT molecular complexity index is 396. The van der Waals surface area contributed by atoms with Crippen LogP contribution in [-0.2, 0) is 19.1 Å². The standard InChI is InChI=1S/C13H21NO4S2/c1-7(2)11(13(17)18-5)14-12(20-9(4)16)10(19)6-8(3)15/h7,11-12,14H,6H2,1-5H3. The van der Waals surface area contributed by atoms with Crippen molar-refractivity contribution in [1.82, 2.24) is 5.32 Å². The molecule has 0 amide bonds. The first-order chi connectivity index (χ1) is 9.18. The molecule has 0 aliphatic heterocycles. The summed E-state index contributed by atoms with van der Waals surface area (Å²) in [4.78, 5) is 34.6. The molecule has 0 saturated heterocycles. The van der Waals surface area contributed by atoms with Gasteiger partial charge in [0.1, 0.15) is 11.8 Å². The monoisotopic (exact) mass is 319 g/mol. The summed E-state index contributed by atoms with van der Waals surface area (Å²) in [6.07, 6.45) is 0.0965. The van der Waals surface area contributed by atoms with Gasteiger partial charge in [0, 0.05) is 18.2 Å². The Hall–Kier alpha value is -0.790. The predicted molar refractivity (Wildman–Crippen MR) is 83.7 cm³/mol. The van der Waals surface area contributed by atoms with E-state index in [1.165, 1.54) is 21.0 Å². The zero-order valence-corrected chi connectivity index (χ0v) is 14.0. The van der Waals surface area contributed by atoms with Gasteiger partial charge in [0.25, 0.3) is 0 Å². The van der Waals surface area contributed by atoms with Crippen molar-refractivity contribution in [2.75, 3.05) is 7.11 Å². The number of esters is 1. The minimum atomic E-state index is -0.582. The van der Waals surface area contributed by atoms with E-state index in [0.717, 1.165) is 11.8 Å². The topological polar surface area (TPSA) is 72.5 Å². The fourth-order valence-corrected chi connectivity index (χ4v) is 2.70. The third kappa shape index (κ3) is 7.12. The number of nitrogens with one attached hydrogen (secondary N) is 1. The van der Waals surface area contributed by atoms with E-state index >= 15 is 0 Å². The van der Waals surface area contributed by atoms with Crippen molar-refractivity contribution in [1.29, 1.82) is 0 Å². The second-order valence-electron chi connectivity index (χ2n) is 4.75. The van der Waals surface area contributed by atoms with E-state index in [0.29, 0.717) is 4.86 Å². The van der Waals surface area contributed by atoms with Gasteiger partial charge >= 0.3 is 5.97 Å². The number of ketones is 1. The van der Waals surface area contributed by atoms with Crippen LogP contribution in [0.5, 0.6) is 0 Å². The van der Waals surface area contributed by atoms with Crippen molar-refractivity contribution in [2.24, 2.45) is 5.92 Å². The summed E-state index contributed by atoms with van der Waals surface area (Å²) >= 11 is 6.16. The van der Waals surface area contributed by atoms with Crippen LogP contribution in [0.25, 0.3) is 0 Å². The lowest BCUT2D eigenvalue weighted by molar-refractivity contribution is -0.144. The summed E-state index contributed by atoms with van der Waals surface area (Å²) in [7, 11) is 1.31. The Labute approximate surface area is 129 Å². The molecule has 114 valence electrons. The van der Waals surface area contributed by atoms with Gasteiger partial charge in [-0.1, -0.05) is 37.8 Å². The fraction of sp³-hybridized carbons (Fsp3) is 0.692. The summed E-state index contributed by atoms with van der Waals surface area (Å²) in [5.41, 5.74) is 0. The van der Waals surface area contributed by atoms with Gasteiger partial charge < -0.3 is 4.74 Å². The Morgan fingerprint density at radius 3 is 2.15 bits per heavy atom. The van der Waals surface area contributed by atoms with Crippen LogP contribution in [0.1, 0.15) is 34.1 Å². The van der Waals surface area contributed by atoms with E-state index in [4.69, 9.17) is 17.0 Å². The fourth-order valence-electron chi connectivity index (χ4n) is 1.52. The highest BCUT2D eigenvalue weighted by atomic mass is 32.2. The molecule has 0 aromatic rings. The maximum atomic E-state index is 11.7. The smallest absolute Gasteiger partial charge is 0.323 e. The molecular weight excluding hydrogens is 298 g/mol. The number of hydrogen-bond acceptors (Lipinski definition) is 7. The molecule has 0 spiro atoms. The van der Waals surface area contributed by atoms with Gasteiger partial charge in [0.15, 0.2) is 5.12 Å². The first kappa shape index (κ1) is 19.2. The molecule has 5 nitrogen and oxygen atoms in total. The van der Waals surface area contributed by atoms with Crippen LogP contribution < -0.4 is 5.32 Å². The van der Waals surface area contributed by atoms with Gasteiger partial charge in [0.2, 0.25) is 0 Å². The minimum absolute atomic E-state index is 0.0300. The Kier molecular flexibility index (Phi) is 8.84. The summed E-state index contributed by atoms with van der Waals surface area (Å²) in [6, 6.07) is -0.582. The quantitative estimate of drug-likeness (QED) is 0.415. The van der Waals surface area contributed by atoms with Crippen LogP contribution in [0.15, 0.2) is 0 Å². The second-order valence-corrected chi connectivity index (χ2v) is 6.55. The van der Waals surface area contributed by atoms with Gasteiger partial charge in [-0.3, -0.25) is 19.7 Å². The van der Waals surface area contributed by atoms with Crippen molar-refractivity contribution in [3.63, 3.8) is 0 Å². The maximum Gasteiger partial charge on any atom is 0.323 e. The van der Waals surface area contributed by atoms with Crippen LogP contribution in [0, 0.1) is 5.92 Å². The number of rotatable bonds is 8. The molecule has 0 heterocycles. The van der Waals surface area contributed by atoms with E-state index in [9.17, 15) is 14.4 Å². The van der Waals surface area contributed by atoms with E-state index in [2.05, 4.69) is 5.32 Å². The number of thioether (sulfide) groups is 1. The molecule has 0 rings (SSSR count). The molecular formula is C13H21NO4S2. The molecule has 0 radical (unpaired) electrons. The molecule has 0 aromatic heterocycles. The van der Waals surface area contributed by atoms with Gasteiger partial charge in [-0.2, -0.15) is 0 Å². The average Bonchev–Trinajstić information content (AvgIpc) is 2.31. The normalized spacial score (nSPS) is 13.7. The highest BCUT2D eigenvalue weighted by Crippen LogP contribution is 2.17. The largest absolute Gasteiger partial charge is 0.468 e. The van der Waals surface area contributed by atoms with E-state index < -0.39 is 17.4 Å². The molecule has 0 aromatic carbocycles. The lowest BCUT2D eigenvalue weighted by atomic mass is 10.0. The Morgan fingerprint density at radius 2 is 1.80 bits per heavy atom. The third-order valence-corrected chi connectivity index (χ3v) is 3.97. The van der Waals surface area contributed by atoms with Gasteiger partial charge in [0.05, 0.1) is 12.5 Å². The number of thiocarbonyl (C=S) groups is 1. The molecule has 0 aliphatic carbocycles. The molecule has 0 saturated carbocycles. The third-order valence-electron chi connectivity index (χ3n) is 2.45. The number of carbonyl (C=O) groups excluding carboxylic acids is 3. The average molecular weight is 319 g/mol. The highest BCUT2D eigenvalue weighted by Gasteiger charge is 2.29. The summed E-state index contributed by atoms with van der Waals surface area (Å²) < 4.78 is 4.73. The van der Waals surface area contributed by atoms with Crippen molar-refractivity contribution in [3.8, 4) is 0 Å². The van der Waals surface area contributed by atoms with Crippen LogP contribution in [0.2, 0.25) is 0 Å². The van der Waals surface area contributed by atoms with Crippen molar-refractivity contribution in [3.05, 3.63) is 0 Å². The van der Waals surface area contributed by atoms with Crippen molar-refractivity contribution >= 4 is 45.7 Å². The lowest BCUT2D eigenvalue weighted by Crippen LogP contribution is -2.49. The van der Waals surface area contributed by atoms with Gasteiger partial charge in [-0.05, 0) is 12.8 Å². The highest BCUT2D eigenvalue weighted by molar-refractivity contribution is 8.15. The van der Waals surface area contributed by atoms with E-state index in [1.807, 2.05) is 13.8 Å². The maximum absolute atomic E-state index is 11.7. The molecule has 7 heteroatoms. The van der Waals surface area contributed by atoms with Crippen molar-refractivity contribution in [2.45, 2.75) is 45.5 Å². The van der Waals surface area contributed by atoms with E-state index in [-0.39, 0.29) is 23.2 Å². The first-order valence-corrected chi connectivity index (χ1v) is 7.51. The summed E-state index contributed by atoms with van der Waals surface area (Å²) in [5, 5.41) is 2.32. The van der Waals surface area contributed by atoms with E-state index in [1.54, 1.807) is 0 Å². The second kappa shape index (κ2) is 9.20. The summed E-state index contributed by atoms with van der Waals surface area (Å²) in [6.45, 7) is 6.57.